The molecule has 0 aliphatic rings. The smallest absolute Gasteiger partial charge is 0.326 e. The molecule has 1 rings (SSSR count). The maximum absolute atomic E-state index is 13.2. The van der Waals surface area contributed by atoms with Crippen LogP contribution in [0.25, 0.3) is 0 Å². The molecule has 0 saturated carbocycles. The van der Waals surface area contributed by atoms with Crippen molar-refractivity contribution in [3.05, 3.63) is 29.8 Å². The number of aliphatic carboxylic acids is 2. The summed E-state index contributed by atoms with van der Waals surface area (Å²) < 4.78 is 0. The lowest BCUT2D eigenvalue weighted by Gasteiger charge is -2.20. The Labute approximate surface area is 331 Å². The normalized spacial score (nSPS) is 12.8. The van der Waals surface area contributed by atoms with Crippen LogP contribution < -0.4 is 27.0 Å². The summed E-state index contributed by atoms with van der Waals surface area (Å²) in [6.45, 7) is 4.00. The first kappa shape index (κ1) is 49.6. The fraction of sp³-hybridized carbons (Fsp3) is 0.683. The van der Waals surface area contributed by atoms with Crippen LogP contribution in [0.5, 0.6) is 5.75 Å². The molecule has 9 N–H and O–H groups in total. The highest BCUT2D eigenvalue weighted by Gasteiger charge is 2.23. The van der Waals surface area contributed by atoms with E-state index in [1.54, 1.807) is 12.1 Å². The maximum atomic E-state index is 13.2. The first-order chi connectivity index (χ1) is 26.7. The molecule has 0 aliphatic carbocycles. The van der Waals surface area contributed by atoms with Gasteiger partial charge in [0.25, 0.3) is 0 Å². The number of hydrogen-bond donors (Lipinski definition) is 8. The van der Waals surface area contributed by atoms with E-state index in [1.165, 1.54) is 12.1 Å². The summed E-state index contributed by atoms with van der Waals surface area (Å²) in [6, 6.07) is 3.62. The molecule has 0 bridgehead atoms. The zero-order valence-electron chi connectivity index (χ0n) is 33.5. The topological polar surface area (TPSA) is 254 Å². The van der Waals surface area contributed by atoms with Crippen molar-refractivity contribution in [1.82, 2.24) is 21.3 Å². The lowest BCUT2D eigenvalue weighted by atomic mass is 10.0. The molecule has 1 aromatic carbocycles. The van der Waals surface area contributed by atoms with Crippen LogP contribution in [-0.4, -0.2) is 94.3 Å². The van der Waals surface area contributed by atoms with Crippen molar-refractivity contribution in [1.29, 1.82) is 0 Å². The largest absolute Gasteiger partial charge is 0.508 e. The van der Waals surface area contributed by atoms with E-state index in [4.69, 9.17) is 10.8 Å². The average molecular weight is 790 g/mol. The minimum atomic E-state index is -1.21. The third-order valence-electron chi connectivity index (χ3n) is 9.39. The second-order valence-electron chi connectivity index (χ2n) is 15.0. The van der Waals surface area contributed by atoms with Gasteiger partial charge in [0.1, 0.15) is 17.6 Å². The molecule has 15 nitrogen and oxygen atoms in total. The Morgan fingerprint density at radius 2 is 1.21 bits per heavy atom. The van der Waals surface area contributed by atoms with Gasteiger partial charge in [-0.3, -0.25) is 34.1 Å². The summed E-state index contributed by atoms with van der Waals surface area (Å²) in [5.41, 5.74) is 6.32. The molecule has 316 valence electrons. The van der Waals surface area contributed by atoms with E-state index < -0.39 is 36.0 Å². The van der Waals surface area contributed by atoms with Crippen LogP contribution in [-0.2, 0) is 40.0 Å². The SMILES string of the molecule is CC(C)CC(=O)CN[C@@H](CCCCNC(=O)CC[C@H](NC(=O)CCCCCCCCCCCCC(=O)O)C(=O)O)C(=O)CN[C@@H](Cc1ccc(O)cc1)C(N)=O. The molecule has 0 radical (unpaired) electrons. The number of rotatable bonds is 35. The van der Waals surface area contributed by atoms with Crippen LogP contribution >= 0.6 is 0 Å². The number of Topliss-reactive ketones (excluding diaryl/α,β-unsaturated/α-hetero) is 2. The van der Waals surface area contributed by atoms with E-state index in [0.717, 1.165) is 63.4 Å². The number of carboxylic acids is 2. The number of phenols is 1. The molecule has 0 unspecified atom stereocenters. The van der Waals surface area contributed by atoms with Crippen LogP contribution in [0.15, 0.2) is 24.3 Å². The number of phenolic OH excluding ortho intramolecular Hbond substituents is 1. The highest BCUT2D eigenvalue weighted by molar-refractivity contribution is 5.88. The van der Waals surface area contributed by atoms with Crippen molar-refractivity contribution in [3.8, 4) is 5.75 Å². The number of benzene rings is 1. The van der Waals surface area contributed by atoms with Gasteiger partial charge in [0.2, 0.25) is 17.7 Å². The quantitative estimate of drug-likeness (QED) is 0.0456. The van der Waals surface area contributed by atoms with Crippen molar-refractivity contribution in [2.75, 3.05) is 19.6 Å². The van der Waals surface area contributed by atoms with E-state index in [0.29, 0.717) is 32.1 Å². The first-order valence-corrected chi connectivity index (χ1v) is 20.3. The molecule has 0 saturated heterocycles. The second kappa shape index (κ2) is 29.9. The molecule has 3 amide bonds. The molecule has 3 atom stereocenters. The van der Waals surface area contributed by atoms with Gasteiger partial charge in [0.15, 0.2) is 5.78 Å². The number of aromatic hydroxyl groups is 1. The van der Waals surface area contributed by atoms with Gasteiger partial charge in [0, 0.05) is 32.2 Å². The number of unbranched alkanes of at least 4 members (excludes halogenated alkanes) is 10. The van der Waals surface area contributed by atoms with Crippen LogP contribution in [0.4, 0.5) is 0 Å². The summed E-state index contributed by atoms with van der Waals surface area (Å²) in [4.78, 5) is 84.9. The highest BCUT2D eigenvalue weighted by atomic mass is 16.4. The zero-order valence-corrected chi connectivity index (χ0v) is 33.5. The number of nitrogens with one attached hydrogen (secondary N) is 4. The monoisotopic (exact) mass is 789 g/mol. The van der Waals surface area contributed by atoms with Gasteiger partial charge in [-0.05, 0) is 68.6 Å². The van der Waals surface area contributed by atoms with Crippen molar-refractivity contribution >= 4 is 41.2 Å². The van der Waals surface area contributed by atoms with Gasteiger partial charge < -0.3 is 37.0 Å². The van der Waals surface area contributed by atoms with Crippen molar-refractivity contribution in [3.63, 3.8) is 0 Å². The summed E-state index contributed by atoms with van der Waals surface area (Å²) in [5, 5.41) is 39.0. The molecule has 1 aromatic rings. The predicted molar refractivity (Wildman–Crippen MR) is 213 cm³/mol. The fourth-order valence-corrected chi connectivity index (χ4v) is 6.19. The van der Waals surface area contributed by atoms with Crippen molar-refractivity contribution in [2.24, 2.45) is 11.7 Å². The van der Waals surface area contributed by atoms with E-state index in [9.17, 15) is 43.8 Å². The number of primary amides is 1. The van der Waals surface area contributed by atoms with Crippen LogP contribution in [0.1, 0.15) is 135 Å². The van der Waals surface area contributed by atoms with Crippen LogP contribution in [0, 0.1) is 5.92 Å². The summed E-state index contributed by atoms with van der Waals surface area (Å²) in [7, 11) is 0. The Morgan fingerprint density at radius 1 is 0.643 bits per heavy atom. The lowest BCUT2D eigenvalue weighted by molar-refractivity contribution is -0.142. The number of nitrogens with two attached hydrogens (primary N) is 1. The molecule has 0 fully saturated rings. The van der Waals surface area contributed by atoms with Crippen LogP contribution in [0.3, 0.4) is 0 Å². The van der Waals surface area contributed by atoms with Gasteiger partial charge in [-0.2, -0.15) is 0 Å². The number of carbonyl (C=O) groups is 7. The maximum Gasteiger partial charge on any atom is 0.326 e. The Bertz CT molecular complexity index is 1350. The summed E-state index contributed by atoms with van der Waals surface area (Å²) >= 11 is 0. The lowest BCUT2D eigenvalue weighted by Crippen LogP contribution is -2.49. The minimum absolute atomic E-state index is 0.0142. The minimum Gasteiger partial charge on any atom is -0.508 e. The van der Waals surface area contributed by atoms with Gasteiger partial charge in [0.05, 0.1) is 25.2 Å². The Morgan fingerprint density at radius 3 is 1.77 bits per heavy atom. The van der Waals surface area contributed by atoms with Gasteiger partial charge in [-0.25, -0.2) is 4.79 Å². The van der Waals surface area contributed by atoms with E-state index in [1.807, 2.05) is 13.8 Å². The number of carboxylic acid groups (broad SMARTS) is 2. The third kappa shape index (κ3) is 25.7. The van der Waals surface area contributed by atoms with Gasteiger partial charge in [-0.1, -0.05) is 77.3 Å². The van der Waals surface area contributed by atoms with Gasteiger partial charge >= 0.3 is 11.9 Å². The second-order valence-corrected chi connectivity index (χ2v) is 15.0. The number of carbonyl (C=O) groups excluding carboxylic acids is 5. The molecule has 0 heterocycles. The molecule has 0 aliphatic heterocycles. The Kier molecular flexibility index (Phi) is 26.5. The predicted octanol–water partition coefficient (Wildman–Crippen LogP) is 3.92. The van der Waals surface area contributed by atoms with E-state index in [2.05, 4.69) is 21.3 Å². The molecule has 56 heavy (non-hydrogen) atoms. The summed E-state index contributed by atoms with van der Waals surface area (Å²) in [5.74, 6) is -3.34. The molecule has 15 heteroatoms. The molecular weight excluding hydrogens is 722 g/mol. The highest BCUT2D eigenvalue weighted by Crippen LogP contribution is 2.14. The molecule has 0 aromatic heterocycles. The number of hydrogen-bond acceptors (Lipinski definition) is 10. The average Bonchev–Trinajstić information content (AvgIpc) is 3.13. The number of amides is 3. The first-order valence-electron chi connectivity index (χ1n) is 20.3. The van der Waals surface area contributed by atoms with Crippen molar-refractivity contribution in [2.45, 2.75) is 154 Å². The summed E-state index contributed by atoms with van der Waals surface area (Å²) in [6.07, 6.45) is 11.8. The van der Waals surface area contributed by atoms with E-state index >= 15 is 0 Å². The molecular formula is C41H67N5O10. The Hall–Kier alpha value is -4.37. The van der Waals surface area contributed by atoms with E-state index in [-0.39, 0.29) is 86.8 Å². The molecule has 0 spiro atoms. The Balaban J connectivity index is 2.42. The van der Waals surface area contributed by atoms with Crippen LogP contribution in [0.2, 0.25) is 0 Å². The third-order valence-corrected chi connectivity index (χ3v) is 9.39. The van der Waals surface area contributed by atoms with Gasteiger partial charge in [-0.15, -0.1) is 0 Å². The van der Waals surface area contributed by atoms with Crippen molar-refractivity contribution < 1.29 is 48.9 Å². The number of ketones is 2. The zero-order chi connectivity index (χ0) is 41.7. The standard InChI is InChI=1S/C41H67N5O10/c1-29(2)25-32(48)27-44-33(36(49)28-45-35(40(42)54)26-30-18-20-31(47)21-19-30)15-13-14-24-43-37(50)23-22-34(41(55)56)46-38(51)16-11-9-7-5-3-4-6-8-10-12-17-39(52)53/h18-21,29,33-35,44-45,47H,3-17,22-28H2,1-2H3,(H2,42,54)(H,43,50)(H,46,51)(H,52,53)(H,55,56)/t33-,34-,35-/m0/s1. The fourth-order valence-electron chi connectivity index (χ4n) is 6.19.